The molecule has 1 fully saturated rings. The number of pyridine rings is 1. The largest absolute Gasteiger partial charge is 0.497 e. The van der Waals surface area contributed by atoms with E-state index in [1.165, 1.54) is 6.20 Å². The minimum absolute atomic E-state index is 0.0438. The molecule has 0 aliphatic carbocycles. The number of thioether (sulfide) groups is 1. The molecule has 1 atom stereocenters. The Morgan fingerprint density at radius 1 is 1.21 bits per heavy atom. The highest BCUT2D eigenvalue weighted by Gasteiger charge is 2.37. The predicted octanol–water partition coefficient (Wildman–Crippen LogP) is 7.05. The van der Waals surface area contributed by atoms with E-state index in [4.69, 9.17) is 21.1 Å². The monoisotopic (exact) mass is 560 g/mol. The average Bonchev–Trinajstić information content (AvgIpc) is 2.92. The molecule has 0 spiro atoms. The molecule has 9 heteroatoms. The maximum Gasteiger partial charge on any atom is 0.303 e. The van der Waals surface area contributed by atoms with Gasteiger partial charge in [0.25, 0.3) is 0 Å². The first kappa shape index (κ1) is 28.5. The number of hydrogen-bond acceptors (Lipinski definition) is 6. The van der Waals surface area contributed by atoms with E-state index in [9.17, 15) is 9.90 Å². The molecule has 1 aliphatic heterocycles. The van der Waals surface area contributed by atoms with Gasteiger partial charge in [0.05, 0.1) is 31.2 Å². The zero-order valence-corrected chi connectivity index (χ0v) is 23.4. The first-order valence-corrected chi connectivity index (χ1v) is 14.2. The molecule has 1 unspecified atom stereocenters. The lowest BCUT2D eigenvalue weighted by molar-refractivity contribution is -0.141. The van der Waals surface area contributed by atoms with Gasteiger partial charge in [-0.25, -0.2) is 4.39 Å². The number of aliphatic carboxylic acids is 1. The van der Waals surface area contributed by atoms with Gasteiger partial charge in [-0.3, -0.25) is 9.78 Å². The summed E-state index contributed by atoms with van der Waals surface area (Å²) in [6, 6.07) is 13.3. The van der Waals surface area contributed by atoms with Crippen molar-refractivity contribution in [2.75, 3.05) is 39.6 Å². The van der Waals surface area contributed by atoms with Crippen LogP contribution in [0.4, 0.5) is 4.39 Å². The summed E-state index contributed by atoms with van der Waals surface area (Å²) in [4.78, 5) is 19.6. The molecule has 204 valence electrons. The van der Waals surface area contributed by atoms with E-state index < -0.39 is 17.6 Å². The van der Waals surface area contributed by atoms with Crippen LogP contribution in [0, 0.1) is 5.41 Å². The highest BCUT2D eigenvalue weighted by Crippen LogP contribution is 2.44. The van der Waals surface area contributed by atoms with Crippen molar-refractivity contribution >= 4 is 40.2 Å². The number of benzene rings is 2. The summed E-state index contributed by atoms with van der Waals surface area (Å²) in [6.07, 6.45) is 2.32. The molecule has 1 aromatic heterocycles. The van der Waals surface area contributed by atoms with Gasteiger partial charge in [-0.1, -0.05) is 23.7 Å². The number of halogens is 2. The topological polar surface area (TPSA) is 71.9 Å². The lowest BCUT2D eigenvalue weighted by Crippen LogP contribution is -2.42. The maximum absolute atomic E-state index is 15.8. The summed E-state index contributed by atoms with van der Waals surface area (Å²) in [5.74, 6) is 1.56. The highest BCUT2D eigenvalue weighted by atomic mass is 35.5. The normalized spacial score (nSPS) is 16.3. The fraction of sp³-hybridized carbons (Fsp3) is 0.448. The number of hydrogen-bond donors (Lipinski definition) is 1. The minimum atomic E-state index is -1.33. The molecule has 0 radical (unpaired) electrons. The number of carboxylic acids is 1. The number of likely N-dealkylation sites (tertiary alicyclic amines) is 1. The molecule has 2 heterocycles. The zero-order chi connectivity index (χ0) is 27.1. The number of carboxylic acid groups (broad SMARTS) is 1. The fourth-order valence-corrected chi connectivity index (χ4v) is 6.61. The molecule has 38 heavy (non-hydrogen) atoms. The van der Waals surface area contributed by atoms with Crippen molar-refractivity contribution in [2.24, 2.45) is 5.41 Å². The second kappa shape index (κ2) is 13.0. The van der Waals surface area contributed by atoms with Crippen molar-refractivity contribution in [3.8, 4) is 11.5 Å². The van der Waals surface area contributed by atoms with Crippen molar-refractivity contribution in [2.45, 2.75) is 43.2 Å². The third-order valence-electron chi connectivity index (χ3n) is 7.49. The van der Waals surface area contributed by atoms with Gasteiger partial charge in [-0.05, 0) is 74.5 Å². The number of alkyl halides is 1. The Bertz CT molecular complexity index is 1250. The first-order valence-electron chi connectivity index (χ1n) is 12.8. The van der Waals surface area contributed by atoms with Gasteiger partial charge in [-0.15, -0.1) is 11.8 Å². The number of rotatable bonds is 12. The molecular formula is C29H34ClFN2O4S. The van der Waals surface area contributed by atoms with Crippen LogP contribution >= 0.6 is 23.4 Å². The number of fused-ring (bicyclic) bond motifs is 1. The van der Waals surface area contributed by atoms with Gasteiger partial charge in [0.2, 0.25) is 0 Å². The van der Waals surface area contributed by atoms with Gasteiger partial charge in [0.15, 0.2) is 0 Å². The minimum Gasteiger partial charge on any atom is -0.497 e. The van der Waals surface area contributed by atoms with E-state index in [0.717, 1.165) is 48.9 Å². The SMILES string of the molecule is COc1ccc2ncc(Cl)c(C(F)CCC3(CC(=O)O)CCN(CCSc4ccccc4OC)CC3)c2c1. The summed E-state index contributed by atoms with van der Waals surface area (Å²) in [5, 5.41) is 10.6. The molecule has 3 aromatic rings. The Morgan fingerprint density at radius 3 is 2.68 bits per heavy atom. The Balaban J connectivity index is 1.38. The Kier molecular flexibility index (Phi) is 9.74. The highest BCUT2D eigenvalue weighted by molar-refractivity contribution is 7.99. The first-order chi connectivity index (χ1) is 18.3. The van der Waals surface area contributed by atoms with Crippen molar-refractivity contribution < 1.29 is 23.8 Å². The summed E-state index contributed by atoms with van der Waals surface area (Å²) in [6.45, 7) is 2.50. The predicted molar refractivity (Wildman–Crippen MR) is 150 cm³/mol. The number of nitrogens with zero attached hydrogens (tertiary/aromatic N) is 2. The second-order valence-corrected chi connectivity index (χ2v) is 11.4. The van der Waals surface area contributed by atoms with Gasteiger partial charge in [-0.2, -0.15) is 0 Å². The van der Waals surface area contributed by atoms with Gasteiger partial charge >= 0.3 is 5.97 Å². The molecule has 0 saturated carbocycles. The van der Waals surface area contributed by atoms with E-state index in [2.05, 4.69) is 16.0 Å². The average molecular weight is 561 g/mol. The van der Waals surface area contributed by atoms with Crippen LogP contribution in [0.5, 0.6) is 11.5 Å². The van der Waals surface area contributed by atoms with Crippen LogP contribution < -0.4 is 9.47 Å². The summed E-state index contributed by atoms with van der Waals surface area (Å²) in [7, 11) is 3.24. The van der Waals surface area contributed by atoms with E-state index in [-0.39, 0.29) is 17.9 Å². The van der Waals surface area contributed by atoms with Crippen LogP contribution in [-0.4, -0.2) is 60.6 Å². The Hall–Kier alpha value is -2.55. The van der Waals surface area contributed by atoms with Gasteiger partial charge in [0, 0.05) is 34.3 Å². The third-order valence-corrected chi connectivity index (χ3v) is 8.82. The van der Waals surface area contributed by atoms with E-state index in [0.29, 0.717) is 28.6 Å². The van der Waals surface area contributed by atoms with E-state index >= 15 is 4.39 Å². The van der Waals surface area contributed by atoms with Crippen LogP contribution in [0.1, 0.15) is 43.8 Å². The van der Waals surface area contributed by atoms with Crippen molar-refractivity contribution in [1.82, 2.24) is 9.88 Å². The van der Waals surface area contributed by atoms with Crippen molar-refractivity contribution in [3.05, 3.63) is 59.2 Å². The van der Waals surface area contributed by atoms with Crippen LogP contribution in [0.15, 0.2) is 53.6 Å². The Morgan fingerprint density at radius 2 is 1.97 bits per heavy atom. The smallest absolute Gasteiger partial charge is 0.303 e. The number of ether oxygens (including phenoxy) is 2. The number of aromatic nitrogens is 1. The standard InChI is InChI=1S/C29H34ClFN2O4S/c1-36-20-7-8-24-21(17-20)28(22(30)19-32-24)23(31)9-10-29(18-27(34)35)11-13-33(14-12-29)15-16-38-26-6-4-3-5-25(26)37-2/h3-8,17,19,23H,9-16,18H2,1-2H3,(H,34,35). The van der Waals surface area contributed by atoms with Crippen molar-refractivity contribution in [1.29, 1.82) is 0 Å². The number of piperidine rings is 1. The van der Waals surface area contributed by atoms with Crippen LogP contribution in [0.25, 0.3) is 10.9 Å². The summed E-state index contributed by atoms with van der Waals surface area (Å²) < 4.78 is 26.5. The molecule has 0 bridgehead atoms. The summed E-state index contributed by atoms with van der Waals surface area (Å²) in [5.41, 5.74) is 0.606. The fourth-order valence-electron chi connectivity index (χ4n) is 5.30. The summed E-state index contributed by atoms with van der Waals surface area (Å²) >= 11 is 8.17. The molecule has 4 rings (SSSR count). The lowest BCUT2D eigenvalue weighted by Gasteiger charge is -2.41. The molecule has 6 nitrogen and oxygen atoms in total. The Labute approximate surface area is 232 Å². The van der Waals surface area contributed by atoms with E-state index in [1.807, 2.05) is 18.2 Å². The molecular weight excluding hydrogens is 527 g/mol. The zero-order valence-electron chi connectivity index (χ0n) is 21.8. The third kappa shape index (κ3) is 6.90. The van der Waals surface area contributed by atoms with Crippen molar-refractivity contribution in [3.63, 3.8) is 0 Å². The molecule has 1 N–H and O–H groups in total. The van der Waals surface area contributed by atoms with Crippen LogP contribution in [0.2, 0.25) is 5.02 Å². The number of para-hydroxylation sites is 1. The van der Waals surface area contributed by atoms with Crippen LogP contribution in [-0.2, 0) is 4.79 Å². The number of carbonyl (C=O) groups is 1. The second-order valence-electron chi connectivity index (χ2n) is 9.82. The molecule has 0 amide bonds. The molecule has 2 aromatic carbocycles. The maximum atomic E-state index is 15.8. The quantitative estimate of drug-likeness (QED) is 0.238. The molecule has 1 saturated heterocycles. The lowest BCUT2D eigenvalue weighted by atomic mass is 9.71. The van der Waals surface area contributed by atoms with Crippen LogP contribution in [0.3, 0.4) is 0 Å². The van der Waals surface area contributed by atoms with Gasteiger partial charge < -0.3 is 19.5 Å². The van der Waals surface area contributed by atoms with Gasteiger partial charge in [0.1, 0.15) is 17.7 Å². The number of methoxy groups -OCH3 is 2. The van der Waals surface area contributed by atoms with E-state index in [1.54, 1.807) is 44.2 Å². The molecule has 1 aliphatic rings.